The SMILES string of the molecule is CCCCNCON1CCOCC1. The summed E-state index contributed by atoms with van der Waals surface area (Å²) >= 11 is 0. The van der Waals surface area contributed by atoms with Crippen molar-refractivity contribution in [2.75, 3.05) is 39.6 Å². The highest BCUT2D eigenvalue weighted by Gasteiger charge is 2.09. The molecule has 0 saturated carbocycles. The molecule has 0 aromatic heterocycles. The second-order valence-corrected chi connectivity index (χ2v) is 3.17. The zero-order valence-corrected chi connectivity index (χ0v) is 8.42. The predicted octanol–water partition coefficient (Wildman–Crippen LogP) is 0.597. The standard InChI is InChI=1S/C9H20N2O2/c1-2-3-4-10-9-13-11-5-7-12-8-6-11/h10H,2-9H2,1H3. The number of hydrogen-bond acceptors (Lipinski definition) is 4. The summed E-state index contributed by atoms with van der Waals surface area (Å²) in [6.45, 7) is 7.19. The van der Waals surface area contributed by atoms with Crippen LogP contribution in [-0.4, -0.2) is 44.6 Å². The van der Waals surface area contributed by atoms with Gasteiger partial charge < -0.3 is 4.74 Å². The Labute approximate surface area is 80.1 Å². The maximum Gasteiger partial charge on any atom is 0.119 e. The summed E-state index contributed by atoms with van der Waals surface area (Å²) in [7, 11) is 0. The zero-order valence-electron chi connectivity index (χ0n) is 8.42. The topological polar surface area (TPSA) is 33.7 Å². The van der Waals surface area contributed by atoms with Crippen molar-refractivity contribution >= 4 is 0 Å². The van der Waals surface area contributed by atoms with Crippen molar-refractivity contribution in [3.63, 3.8) is 0 Å². The van der Waals surface area contributed by atoms with E-state index in [1.165, 1.54) is 12.8 Å². The van der Waals surface area contributed by atoms with Crippen molar-refractivity contribution in [1.29, 1.82) is 0 Å². The van der Waals surface area contributed by atoms with Crippen molar-refractivity contribution in [2.24, 2.45) is 0 Å². The van der Waals surface area contributed by atoms with Crippen LogP contribution in [0.25, 0.3) is 0 Å². The van der Waals surface area contributed by atoms with E-state index in [1.54, 1.807) is 0 Å². The van der Waals surface area contributed by atoms with E-state index < -0.39 is 0 Å². The van der Waals surface area contributed by atoms with Crippen LogP contribution in [0.2, 0.25) is 0 Å². The lowest BCUT2D eigenvalue weighted by Crippen LogP contribution is -2.38. The first kappa shape index (κ1) is 10.9. The molecular weight excluding hydrogens is 168 g/mol. The maximum absolute atomic E-state index is 5.47. The number of rotatable bonds is 6. The molecule has 4 nitrogen and oxygen atoms in total. The minimum atomic E-state index is 0.625. The van der Waals surface area contributed by atoms with Gasteiger partial charge in [0, 0.05) is 13.1 Å². The van der Waals surface area contributed by atoms with Gasteiger partial charge in [0.2, 0.25) is 0 Å². The number of hydroxylamine groups is 2. The molecule has 1 fully saturated rings. The average molecular weight is 188 g/mol. The molecule has 4 heteroatoms. The van der Waals surface area contributed by atoms with Crippen LogP contribution in [0, 0.1) is 0 Å². The van der Waals surface area contributed by atoms with Crippen LogP contribution in [0.15, 0.2) is 0 Å². The van der Waals surface area contributed by atoms with Crippen LogP contribution in [-0.2, 0) is 9.57 Å². The van der Waals surface area contributed by atoms with E-state index in [4.69, 9.17) is 9.57 Å². The van der Waals surface area contributed by atoms with E-state index in [-0.39, 0.29) is 0 Å². The van der Waals surface area contributed by atoms with Crippen molar-refractivity contribution in [1.82, 2.24) is 10.4 Å². The third-order valence-electron chi connectivity index (χ3n) is 2.03. The highest BCUT2D eigenvalue weighted by atomic mass is 16.7. The first-order valence-corrected chi connectivity index (χ1v) is 5.10. The van der Waals surface area contributed by atoms with Crippen molar-refractivity contribution < 1.29 is 9.57 Å². The molecule has 0 bridgehead atoms. The smallest absolute Gasteiger partial charge is 0.119 e. The first-order valence-electron chi connectivity index (χ1n) is 5.10. The van der Waals surface area contributed by atoms with Crippen LogP contribution in [0.1, 0.15) is 19.8 Å². The van der Waals surface area contributed by atoms with Gasteiger partial charge in [-0.25, -0.2) is 0 Å². The summed E-state index contributed by atoms with van der Waals surface area (Å²) in [5, 5.41) is 5.19. The number of morpholine rings is 1. The Morgan fingerprint density at radius 1 is 1.38 bits per heavy atom. The highest BCUT2D eigenvalue weighted by Crippen LogP contribution is 1.96. The lowest BCUT2D eigenvalue weighted by atomic mass is 10.3. The Balaban J connectivity index is 1.86. The largest absolute Gasteiger partial charge is 0.379 e. The summed E-state index contributed by atoms with van der Waals surface area (Å²) in [6.07, 6.45) is 2.44. The molecule has 0 unspecified atom stereocenters. The highest BCUT2D eigenvalue weighted by molar-refractivity contribution is 4.51. The van der Waals surface area contributed by atoms with Crippen LogP contribution in [0.3, 0.4) is 0 Å². The minimum absolute atomic E-state index is 0.625. The fraction of sp³-hybridized carbons (Fsp3) is 1.00. The van der Waals surface area contributed by atoms with E-state index in [9.17, 15) is 0 Å². The van der Waals surface area contributed by atoms with Crippen molar-refractivity contribution in [2.45, 2.75) is 19.8 Å². The Morgan fingerprint density at radius 2 is 2.15 bits per heavy atom. The minimum Gasteiger partial charge on any atom is -0.379 e. The molecule has 0 aromatic carbocycles. The number of ether oxygens (including phenoxy) is 1. The molecule has 1 aliphatic rings. The van der Waals surface area contributed by atoms with E-state index in [1.807, 2.05) is 5.06 Å². The van der Waals surface area contributed by atoms with Gasteiger partial charge in [0.1, 0.15) is 6.73 Å². The number of hydrogen-bond donors (Lipinski definition) is 1. The molecule has 0 aromatic rings. The molecule has 1 N–H and O–H groups in total. The summed E-state index contributed by atoms with van der Waals surface area (Å²) in [5.41, 5.74) is 0. The van der Waals surface area contributed by atoms with Crippen molar-refractivity contribution in [3.05, 3.63) is 0 Å². The van der Waals surface area contributed by atoms with Crippen molar-refractivity contribution in [3.8, 4) is 0 Å². The number of unbranched alkanes of at least 4 members (excludes halogenated alkanes) is 1. The zero-order chi connectivity index (χ0) is 9.36. The molecule has 0 aliphatic carbocycles. The normalized spacial score (nSPS) is 19.2. The molecule has 0 spiro atoms. The molecule has 78 valence electrons. The summed E-state index contributed by atoms with van der Waals surface area (Å²) < 4.78 is 5.20. The molecule has 1 aliphatic heterocycles. The molecule has 0 radical (unpaired) electrons. The summed E-state index contributed by atoms with van der Waals surface area (Å²) in [5.74, 6) is 0. The molecular formula is C9H20N2O2. The number of nitrogens with zero attached hydrogens (tertiary/aromatic N) is 1. The lowest BCUT2D eigenvalue weighted by Gasteiger charge is -2.25. The summed E-state index contributed by atoms with van der Waals surface area (Å²) in [6, 6.07) is 0. The van der Waals surface area contributed by atoms with Crippen LogP contribution in [0.5, 0.6) is 0 Å². The van der Waals surface area contributed by atoms with Gasteiger partial charge in [-0.15, -0.1) is 0 Å². The molecule has 1 heterocycles. The van der Waals surface area contributed by atoms with Gasteiger partial charge in [0.05, 0.1) is 13.2 Å². The predicted molar refractivity (Wildman–Crippen MR) is 51.3 cm³/mol. The van der Waals surface area contributed by atoms with Gasteiger partial charge >= 0.3 is 0 Å². The monoisotopic (exact) mass is 188 g/mol. The van der Waals surface area contributed by atoms with Gasteiger partial charge in [0.25, 0.3) is 0 Å². The van der Waals surface area contributed by atoms with Gasteiger partial charge in [-0.2, -0.15) is 5.06 Å². The Kier molecular flexibility index (Phi) is 6.10. The summed E-state index contributed by atoms with van der Waals surface area (Å²) in [4.78, 5) is 5.47. The van der Waals surface area contributed by atoms with Crippen LogP contribution in [0.4, 0.5) is 0 Å². The Hall–Kier alpha value is -0.160. The maximum atomic E-state index is 5.47. The van der Waals surface area contributed by atoms with E-state index in [2.05, 4.69) is 12.2 Å². The number of nitrogens with one attached hydrogen (secondary N) is 1. The quantitative estimate of drug-likeness (QED) is 0.489. The molecule has 0 amide bonds. The van der Waals surface area contributed by atoms with Crippen LogP contribution >= 0.6 is 0 Å². The second kappa shape index (κ2) is 7.26. The lowest BCUT2D eigenvalue weighted by molar-refractivity contribution is -0.198. The second-order valence-electron chi connectivity index (χ2n) is 3.17. The Bertz CT molecular complexity index is 116. The molecule has 1 saturated heterocycles. The fourth-order valence-electron chi connectivity index (χ4n) is 1.19. The van der Waals surface area contributed by atoms with Gasteiger partial charge in [-0.1, -0.05) is 13.3 Å². The Morgan fingerprint density at radius 3 is 2.85 bits per heavy atom. The van der Waals surface area contributed by atoms with Gasteiger partial charge in [-0.3, -0.25) is 10.2 Å². The van der Waals surface area contributed by atoms with Gasteiger partial charge in [0.15, 0.2) is 0 Å². The first-order chi connectivity index (χ1) is 6.43. The van der Waals surface area contributed by atoms with Gasteiger partial charge in [-0.05, 0) is 13.0 Å². The third-order valence-corrected chi connectivity index (χ3v) is 2.03. The molecule has 0 atom stereocenters. The fourth-order valence-corrected chi connectivity index (χ4v) is 1.19. The molecule has 13 heavy (non-hydrogen) atoms. The van der Waals surface area contributed by atoms with Crippen LogP contribution < -0.4 is 5.32 Å². The average Bonchev–Trinajstić information content (AvgIpc) is 2.19. The third kappa shape index (κ3) is 5.21. The molecule has 1 rings (SSSR count). The van der Waals surface area contributed by atoms with E-state index in [0.717, 1.165) is 32.8 Å². The van der Waals surface area contributed by atoms with E-state index >= 15 is 0 Å². The van der Waals surface area contributed by atoms with E-state index in [0.29, 0.717) is 6.73 Å².